The fourth-order valence-electron chi connectivity index (χ4n) is 1.36. The Hall–Kier alpha value is -0.0800. The minimum Gasteiger partial charge on any atom is -0.377 e. The Morgan fingerprint density at radius 1 is 1.55 bits per heavy atom. The van der Waals surface area contributed by atoms with Crippen LogP contribution in [-0.4, -0.2) is 37.7 Å². The predicted octanol–water partition coefficient (Wildman–Crippen LogP) is 1.36. The van der Waals surface area contributed by atoms with Gasteiger partial charge in [0.2, 0.25) is 0 Å². The summed E-state index contributed by atoms with van der Waals surface area (Å²) in [5, 5.41) is 0. The van der Waals surface area contributed by atoms with E-state index in [0.29, 0.717) is 12.0 Å². The molecule has 0 amide bonds. The first kappa shape index (κ1) is 9.01. The Balaban J connectivity index is 2.08. The zero-order valence-electron chi connectivity index (χ0n) is 7.84. The van der Waals surface area contributed by atoms with Gasteiger partial charge in [0, 0.05) is 19.7 Å². The molecule has 0 radical (unpaired) electrons. The van der Waals surface area contributed by atoms with Crippen molar-refractivity contribution < 1.29 is 4.74 Å². The van der Waals surface area contributed by atoms with E-state index in [1.165, 1.54) is 13.0 Å². The zero-order valence-corrected chi connectivity index (χ0v) is 7.84. The summed E-state index contributed by atoms with van der Waals surface area (Å²) in [4.78, 5) is 2.32. The molecule has 66 valence electrons. The summed E-state index contributed by atoms with van der Waals surface area (Å²) >= 11 is 0. The molecule has 2 nitrogen and oxygen atoms in total. The molecule has 1 unspecified atom stereocenters. The lowest BCUT2D eigenvalue weighted by Gasteiger charge is -2.13. The largest absolute Gasteiger partial charge is 0.377 e. The van der Waals surface area contributed by atoms with Gasteiger partial charge in [0.25, 0.3) is 0 Å². The number of likely N-dealkylation sites (N-methyl/N-ethyl adjacent to an activating group) is 1. The van der Waals surface area contributed by atoms with Crippen molar-refractivity contribution in [1.29, 1.82) is 0 Å². The third-order valence-electron chi connectivity index (χ3n) is 2.01. The lowest BCUT2D eigenvalue weighted by atomic mass is 10.2. The van der Waals surface area contributed by atoms with E-state index in [9.17, 15) is 0 Å². The maximum Gasteiger partial charge on any atom is 0.0714 e. The SMILES string of the molecule is CC(C)COC1CCN(C)C1. The number of ether oxygens (including phenoxy) is 1. The molecular weight excluding hydrogens is 138 g/mol. The van der Waals surface area contributed by atoms with E-state index < -0.39 is 0 Å². The molecule has 1 aliphatic rings. The quantitative estimate of drug-likeness (QED) is 0.613. The van der Waals surface area contributed by atoms with Crippen molar-refractivity contribution in [3.8, 4) is 0 Å². The Morgan fingerprint density at radius 2 is 2.27 bits per heavy atom. The van der Waals surface area contributed by atoms with Crippen molar-refractivity contribution in [3.63, 3.8) is 0 Å². The highest BCUT2D eigenvalue weighted by Crippen LogP contribution is 2.11. The molecule has 1 fully saturated rings. The molecule has 0 bridgehead atoms. The molecule has 11 heavy (non-hydrogen) atoms. The van der Waals surface area contributed by atoms with E-state index in [1.807, 2.05) is 0 Å². The van der Waals surface area contributed by atoms with Crippen LogP contribution in [0.2, 0.25) is 0 Å². The molecule has 0 aliphatic carbocycles. The van der Waals surface area contributed by atoms with Crippen molar-refractivity contribution in [3.05, 3.63) is 0 Å². The summed E-state index contributed by atoms with van der Waals surface area (Å²) in [6, 6.07) is 0. The van der Waals surface area contributed by atoms with Crippen LogP contribution in [-0.2, 0) is 4.74 Å². The highest BCUT2D eigenvalue weighted by atomic mass is 16.5. The highest BCUT2D eigenvalue weighted by molar-refractivity contribution is 4.72. The summed E-state index contributed by atoms with van der Waals surface area (Å²) in [5.41, 5.74) is 0. The van der Waals surface area contributed by atoms with Crippen LogP contribution in [0.4, 0.5) is 0 Å². The maximum atomic E-state index is 5.69. The van der Waals surface area contributed by atoms with Gasteiger partial charge in [0.15, 0.2) is 0 Å². The van der Waals surface area contributed by atoms with Crippen molar-refractivity contribution in [1.82, 2.24) is 4.90 Å². The van der Waals surface area contributed by atoms with Crippen LogP contribution < -0.4 is 0 Å². The summed E-state index contributed by atoms with van der Waals surface area (Å²) in [6.07, 6.45) is 1.71. The van der Waals surface area contributed by atoms with Crippen LogP contribution in [0, 0.1) is 5.92 Å². The first-order chi connectivity index (χ1) is 5.18. The average molecular weight is 157 g/mol. The van der Waals surface area contributed by atoms with Gasteiger partial charge in [-0.1, -0.05) is 13.8 Å². The Labute approximate surface area is 69.5 Å². The molecule has 0 N–H and O–H groups in total. The van der Waals surface area contributed by atoms with Gasteiger partial charge < -0.3 is 9.64 Å². The second kappa shape index (κ2) is 4.07. The van der Waals surface area contributed by atoms with E-state index in [-0.39, 0.29) is 0 Å². The predicted molar refractivity (Wildman–Crippen MR) is 46.7 cm³/mol. The number of hydrogen-bond acceptors (Lipinski definition) is 2. The fourth-order valence-corrected chi connectivity index (χ4v) is 1.36. The molecule has 0 spiro atoms. The molecule has 1 heterocycles. The van der Waals surface area contributed by atoms with Gasteiger partial charge in [0.1, 0.15) is 0 Å². The maximum absolute atomic E-state index is 5.69. The molecule has 0 aromatic carbocycles. The summed E-state index contributed by atoms with van der Waals surface area (Å²) in [7, 11) is 2.15. The standard InChI is InChI=1S/C9H19NO/c1-8(2)7-11-9-4-5-10(3)6-9/h8-9H,4-7H2,1-3H3. The van der Waals surface area contributed by atoms with Gasteiger partial charge in [-0.3, -0.25) is 0 Å². The van der Waals surface area contributed by atoms with Gasteiger partial charge in [0.05, 0.1) is 6.10 Å². The topological polar surface area (TPSA) is 12.5 Å². The lowest BCUT2D eigenvalue weighted by Crippen LogP contribution is -2.20. The molecule has 0 saturated carbocycles. The van der Waals surface area contributed by atoms with Crippen molar-refractivity contribution >= 4 is 0 Å². The normalized spacial score (nSPS) is 26.7. The number of rotatable bonds is 3. The first-order valence-electron chi connectivity index (χ1n) is 4.48. The fraction of sp³-hybridized carbons (Fsp3) is 1.00. The van der Waals surface area contributed by atoms with Crippen LogP contribution in [0.5, 0.6) is 0 Å². The second-order valence-electron chi connectivity index (χ2n) is 3.90. The smallest absolute Gasteiger partial charge is 0.0714 e. The Morgan fingerprint density at radius 3 is 2.73 bits per heavy atom. The van der Waals surface area contributed by atoms with E-state index in [2.05, 4.69) is 25.8 Å². The Kier molecular flexibility index (Phi) is 3.34. The monoisotopic (exact) mass is 157 g/mol. The number of nitrogens with zero attached hydrogens (tertiary/aromatic N) is 1. The third-order valence-corrected chi connectivity index (χ3v) is 2.01. The van der Waals surface area contributed by atoms with Crippen LogP contribution >= 0.6 is 0 Å². The molecule has 2 heteroatoms. The van der Waals surface area contributed by atoms with Gasteiger partial charge in [-0.05, 0) is 19.4 Å². The number of likely N-dealkylation sites (tertiary alicyclic amines) is 1. The molecule has 0 aromatic heterocycles. The lowest BCUT2D eigenvalue weighted by molar-refractivity contribution is 0.0432. The molecule has 1 aliphatic heterocycles. The molecule has 1 saturated heterocycles. The highest BCUT2D eigenvalue weighted by Gasteiger charge is 2.19. The molecule has 0 aromatic rings. The molecular formula is C9H19NO. The zero-order chi connectivity index (χ0) is 8.27. The first-order valence-corrected chi connectivity index (χ1v) is 4.48. The van der Waals surface area contributed by atoms with E-state index in [0.717, 1.165) is 13.2 Å². The van der Waals surface area contributed by atoms with Gasteiger partial charge in [-0.2, -0.15) is 0 Å². The van der Waals surface area contributed by atoms with Crippen LogP contribution in [0.1, 0.15) is 20.3 Å². The van der Waals surface area contributed by atoms with E-state index in [4.69, 9.17) is 4.74 Å². The van der Waals surface area contributed by atoms with Crippen molar-refractivity contribution in [2.75, 3.05) is 26.7 Å². The molecule has 1 atom stereocenters. The van der Waals surface area contributed by atoms with E-state index >= 15 is 0 Å². The van der Waals surface area contributed by atoms with Gasteiger partial charge in [-0.15, -0.1) is 0 Å². The van der Waals surface area contributed by atoms with Gasteiger partial charge in [-0.25, -0.2) is 0 Å². The summed E-state index contributed by atoms with van der Waals surface area (Å²) in [5.74, 6) is 0.668. The van der Waals surface area contributed by atoms with Crippen LogP contribution in [0.25, 0.3) is 0 Å². The van der Waals surface area contributed by atoms with E-state index in [1.54, 1.807) is 0 Å². The minimum atomic E-state index is 0.502. The van der Waals surface area contributed by atoms with Crippen LogP contribution in [0.3, 0.4) is 0 Å². The third kappa shape index (κ3) is 3.21. The minimum absolute atomic E-state index is 0.502. The summed E-state index contributed by atoms with van der Waals surface area (Å²) < 4.78 is 5.69. The Bertz CT molecular complexity index is 114. The van der Waals surface area contributed by atoms with Gasteiger partial charge >= 0.3 is 0 Å². The number of hydrogen-bond donors (Lipinski definition) is 0. The average Bonchev–Trinajstić information content (AvgIpc) is 2.31. The molecule has 1 rings (SSSR count). The second-order valence-corrected chi connectivity index (χ2v) is 3.90. The van der Waals surface area contributed by atoms with Crippen LogP contribution in [0.15, 0.2) is 0 Å². The van der Waals surface area contributed by atoms with Crippen molar-refractivity contribution in [2.24, 2.45) is 5.92 Å². The summed E-state index contributed by atoms with van der Waals surface area (Å²) in [6.45, 7) is 7.62. The van der Waals surface area contributed by atoms with Crippen molar-refractivity contribution in [2.45, 2.75) is 26.4 Å².